The van der Waals surface area contributed by atoms with E-state index >= 15 is 0 Å². The van der Waals surface area contributed by atoms with Gasteiger partial charge in [-0.1, -0.05) is 29.3 Å². The predicted octanol–water partition coefficient (Wildman–Crippen LogP) is 2.46. The molecule has 0 aromatic heterocycles. The molecular weight excluding hydrogens is 345 g/mol. The summed E-state index contributed by atoms with van der Waals surface area (Å²) in [4.78, 5) is 25.1. The number of amides is 1. The molecule has 3 unspecified atom stereocenters. The van der Waals surface area contributed by atoms with E-state index in [0.29, 0.717) is 5.02 Å². The number of carbonyl (C=O) groups is 2. The minimum Gasteiger partial charge on any atom is -0.480 e. The number of ether oxygens (including phenoxy) is 2. The molecule has 0 aliphatic carbocycles. The second-order valence-corrected chi connectivity index (χ2v) is 6.04. The van der Waals surface area contributed by atoms with Gasteiger partial charge in [0.05, 0.1) is 11.1 Å². The third-order valence-electron chi connectivity index (χ3n) is 3.73. The van der Waals surface area contributed by atoms with Gasteiger partial charge < -0.3 is 19.5 Å². The van der Waals surface area contributed by atoms with E-state index < -0.39 is 24.0 Å². The minimum atomic E-state index is -1.06. The van der Waals surface area contributed by atoms with Crippen molar-refractivity contribution in [3.63, 3.8) is 0 Å². The number of nitrogens with zero attached hydrogens (tertiary/aromatic N) is 1. The van der Waals surface area contributed by atoms with Crippen molar-refractivity contribution in [3.8, 4) is 5.75 Å². The third kappa shape index (κ3) is 3.88. The van der Waals surface area contributed by atoms with E-state index in [1.165, 1.54) is 12.0 Å². The lowest BCUT2D eigenvalue weighted by atomic mass is 10.2. The fourth-order valence-corrected chi connectivity index (χ4v) is 2.83. The quantitative estimate of drug-likeness (QED) is 0.871. The standard InChI is InChI=1S/C15H17Cl2NO5/c1-8(23-12-5-3-4-10(16)13(12)17)14(19)18-7-9(22-2)6-11(18)15(20)21/h3-5,8-9,11H,6-7H2,1-2H3,(H,20,21). The number of halogens is 2. The molecule has 1 amide bonds. The first-order valence-electron chi connectivity index (χ1n) is 7.02. The Kier molecular flexibility index (Phi) is 5.73. The Morgan fingerprint density at radius 3 is 2.70 bits per heavy atom. The van der Waals surface area contributed by atoms with Crippen LogP contribution in [0.4, 0.5) is 0 Å². The van der Waals surface area contributed by atoms with Crippen molar-refractivity contribution < 1.29 is 24.2 Å². The lowest BCUT2D eigenvalue weighted by Crippen LogP contribution is -2.46. The minimum absolute atomic E-state index is 0.208. The van der Waals surface area contributed by atoms with Gasteiger partial charge in [-0.3, -0.25) is 4.79 Å². The Hall–Kier alpha value is -1.50. The second-order valence-electron chi connectivity index (χ2n) is 5.25. The zero-order valence-corrected chi connectivity index (χ0v) is 14.2. The first-order valence-corrected chi connectivity index (χ1v) is 7.77. The fraction of sp³-hybridized carbons (Fsp3) is 0.467. The first kappa shape index (κ1) is 17.8. The summed E-state index contributed by atoms with van der Waals surface area (Å²) < 4.78 is 10.7. The fourth-order valence-electron chi connectivity index (χ4n) is 2.50. The van der Waals surface area contributed by atoms with E-state index in [1.54, 1.807) is 25.1 Å². The molecule has 8 heteroatoms. The number of carbonyl (C=O) groups excluding carboxylic acids is 1. The number of benzene rings is 1. The van der Waals surface area contributed by atoms with Gasteiger partial charge in [0.15, 0.2) is 6.10 Å². The van der Waals surface area contributed by atoms with Gasteiger partial charge in [-0.2, -0.15) is 0 Å². The van der Waals surface area contributed by atoms with Crippen LogP contribution in [0.5, 0.6) is 5.75 Å². The van der Waals surface area contributed by atoms with Crippen LogP contribution in [0.3, 0.4) is 0 Å². The number of methoxy groups -OCH3 is 1. The van der Waals surface area contributed by atoms with Crippen LogP contribution in [-0.4, -0.2) is 53.8 Å². The Morgan fingerprint density at radius 2 is 2.09 bits per heavy atom. The zero-order chi connectivity index (χ0) is 17.1. The molecular formula is C15H17Cl2NO5. The van der Waals surface area contributed by atoms with E-state index in [9.17, 15) is 14.7 Å². The van der Waals surface area contributed by atoms with Gasteiger partial charge in [-0.15, -0.1) is 0 Å². The number of likely N-dealkylation sites (tertiary alicyclic amines) is 1. The molecule has 1 aromatic rings. The van der Waals surface area contributed by atoms with E-state index in [1.807, 2.05) is 0 Å². The SMILES string of the molecule is COC1CC(C(=O)O)N(C(=O)C(C)Oc2cccc(Cl)c2Cl)C1. The van der Waals surface area contributed by atoms with Crippen molar-refractivity contribution >= 4 is 35.1 Å². The number of rotatable bonds is 5. The molecule has 1 aromatic carbocycles. The van der Waals surface area contributed by atoms with Crippen molar-refractivity contribution in [1.29, 1.82) is 0 Å². The summed E-state index contributed by atoms with van der Waals surface area (Å²) in [6.07, 6.45) is -0.951. The topological polar surface area (TPSA) is 76.1 Å². The summed E-state index contributed by atoms with van der Waals surface area (Å²) in [6.45, 7) is 1.75. The molecule has 2 rings (SSSR count). The average molecular weight is 362 g/mol. The van der Waals surface area contributed by atoms with Gasteiger partial charge >= 0.3 is 5.97 Å². The van der Waals surface area contributed by atoms with Gasteiger partial charge in [-0.25, -0.2) is 4.79 Å². The summed E-state index contributed by atoms with van der Waals surface area (Å²) in [5, 5.41) is 9.79. The van der Waals surface area contributed by atoms with Gasteiger partial charge in [0.25, 0.3) is 5.91 Å². The highest BCUT2D eigenvalue weighted by Gasteiger charge is 2.41. The van der Waals surface area contributed by atoms with Crippen LogP contribution < -0.4 is 4.74 Å². The summed E-state index contributed by atoms with van der Waals surface area (Å²) in [5.41, 5.74) is 0. The molecule has 0 saturated carbocycles. The van der Waals surface area contributed by atoms with Crippen molar-refractivity contribution in [2.45, 2.75) is 31.6 Å². The molecule has 0 radical (unpaired) electrons. The molecule has 1 saturated heterocycles. The maximum absolute atomic E-state index is 12.5. The van der Waals surface area contributed by atoms with Crippen LogP contribution in [0.15, 0.2) is 18.2 Å². The lowest BCUT2D eigenvalue weighted by molar-refractivity contribution is -0.150. The van der Waals surface area contributed by atoms with E-state index in [0.717, 1.165) is 0 Å². The van der Waals surface area contributed by atoms with E-state index in [-0.39, 0.29) is 29.8 Å². The van der Waals surface area contributed by atoms with Gasteiger partial charge in [0.1, 0.15) is 16.8 Å². The molecule has 0 spiro atoms. The van der Waals surface area contributed by atoms with Gasteiger partial charge in [0, 0.05) is 20.1 Å². The number of hydrogen-bond acceptors (Lipinski definition) is 4. The van der Waals surface area contributed by atoms with E-state index in [2.05, 4.69) is 0 Å². The number of hydrogen-bond donors (Lipinski definition) is 1. The molecule has 1 N–H and O–H groups in total. The highest BCUT2D eigenvalue weighted by molar-refractivity contribution is 6.42. The number of carboxylic acids is 1. The molecule has 6 nitrogen and oxygen atoms in total. The lowest BCUT2D eigenvalue weighted by Gasteiger charge is -2.25. The number of carboxylic acid groups (broad SMARTS) is 1. The molecule has 3 atom stereocenters. The van der Waals surface area contributed by atoms with Crippen molar-refractivity contribution in [3.05, 3.63) is 28.2 Å². The smallest absolute Gasteiger partial charge is 0.326 e. The molecule has 1 aliphatic heterocycles. The van der Waals surface area contributed by atoms with E-state index in [4.69, 9.17) is 32.7 Å². The second kappa shape index (κ2) is 7.38. The highest BCUT2D eigenvalue weighted by atomic mass is 35.5. The van der Waals surface area contributed by atoms with Crippen LogP contribution in [0, 0.1) is 0 Å². The molecule has 1 aliphatic rings. The van der Waals surface area contributed by atoms with Crippen molar-refractivity contribution in [2.24, 2.45) is 0 Å². The van der Waals surface area contributed by atoms with Crippen molar-refractivity contribution in [1.82, 2.24) is 4.90 Å². The van der Waals surface area contributed by atoms with Crippen LogP contribution in [0.1, 0.15) is 13.3 Å². The molecule has 1 heterocycles. The zero-order valence-electron chi connectivity index (χ0n) is 12.7. The summed E-state index contributed by atoms with van der Waals surface area (Å²) in [5.74, 6) is -1.23. The summed E-state index contributed by atoms with van der Waals surface area (Å²) in [6, 6.07) is 3.92. The molecule has 1 fully saturated rings. The van der Waals surface area contributed by atoms with Crippen LogP contribution in [-0.2, 0) is 14.3 Å². The van der Waals surface area contributed by atoms with Crippen LogP contribution in [0.2, 0.25) is 10.0 Å². The predicted molar refractivity (Wildman–Crippen MR) is 85.1 cm³/mol. The third-order valence-corrected chi connectivity index (χ3v) is 4.53. The normalized spacial score (nSPS) is 22.0. The maximum atomic E-state index is 12.5. The number of aliphatic carboxylic acids is 1. The monoisotopic (exact) mass is 361 g/mol. The average Bonchev–Trinajstić information content (AvgIpc) is 2.95. The first-order chi connectivity index (χ1) is 10.8. The maximum Gasteiger partial charge on any atom is 0.326 e. The van der Waals surface area contributed by atoms with Crippen LogP contribution in [0.25, 0.3) is 0 Å². The van der Waals surface area contributed by atoms with Gasteiger partial charge in [0.2, 0.25) is 0 Å². The Balaban J connectivity index is 2.12. The Morgan fingerprint density at radius 1 is 1.39 bits per heavy atom. The molecule has 0 bridgehead atoms. The van der Waals surface area contributed by atoms with Gasteiger partial charge in [-0.05, 0) is 19.1 Å². The Bertz CT molecular complexity index is 610. The van der Waals surface area contributed by atoms with Crippen LogP contribution >= 0.6 is 23.2 Å². The molecule has 126 valence electrons. The highest BCUT2D eigenvalue weighted by Crippen LogP contribution is 2.32. The largest absolute Gasteiger partial charge is 0.480 e. The Labute approximate surface area is 143 Å². The van der Waals surface area contributed by atoms with Crippen molar-refractivity contribution in [2.75, 3.05) is 13.7 Å². The molecule has 23 heavy (non-hydrogen) atoms. The summed E-state index contributed by atoms with van der Waals surface area (Å²) >= 11 is 11.9. The summed E-state index contributed by atoms with van der Waals surface area (Å²) in [7, 11) is 1.49.